The van der Waals surface area contributed by atoms with E-state index in [1.165, 1.54) is 93.0 Å². The maximum absolute atomic E-state index is 14.7. The smallest absolute Gasteiger partial charge is 0.343 e. The highest BCUT2D eigenvalue weighted by atomic mass is 19.1. The molecule has 0 unspecified atom stereocenters. The van der Waals surface area contributed by atoms with Crippen LogP contribution in [0.3, 0.4) is 0 Å². The fourth-order valence-corrected chi connectivity index (χ4v) is 8.67. The third-order valence-electron chi connectivity index (χ3n) is 13.6. The van der Waals surface area contributed by atoms with Gasteiger partial charge in [-0.15, -0.1) is 0 Å². The average molecular weight is 1090 g/mol. The topological polar surface area (TPSA) is 141 Å². The first kappa shape index (κ1) is 63.4. The zero-order valence-electron chi connectivity index (χ0n) is 47.8. The number of hydrogen-bond donors (Lipinski definition) is 1. The SMILES string of the molecule is CCCCCCCCc1cnc(-c2ccc(OC(=O)c3ccc(CCCC)cc3)cc2F)nc1.CCCCCCCc1cnc(-c2ccc(OC(=O)c3ccc(CCCC)cc3)cc2F)nc1.CCCCc1ccc(C(=O)O)cc1. The van der Waals surface area contributed by atoms with Gasteiger partial charge in [0.25, 0.3) is 0 Å². The van der Waals surface area contributed by atoms with Gasteiger partial charge in [0, 0.05) is 36.9 Å². The van der Waals surface area contributed by atoms with E-state index in [0.29, 0.717) is 28.3 Å². The Morgan fingerprint density at radius 1 is 0.375 bits per heavy atom. The highest BCUT2D eigenvalue weighted by molar-refractivity contribution is 5.92. The Morgan fingerprint density at radius 3 is 0.988 bits per heavy atom. The molecule has 0 aliphatic heterocycles. The predicted molar refractivity (Wildman–Crippen MR) is 316 cm³/mol. The number of nitrogens with zero attached hydrogens (tertiary/aromatic N) is 4. The Morgan fingerprint density at radius 2 is 0.675 bits per heavy atom. The summed E-state index contributed by atoms with van der Waals surface area (Å²) in [6.45, 7) is 10.9. The minimum absolute atomic E-state index is 0.153. The van der Waals surface area contributed by atoms with E-state index < -0.39 is 29.5 Å². The number of aryl methyl sites for hydroxylation is 5. The van der Waals surface area contributed by atoms with E-state index in [0.717, 1.165) is 88.2 Å². The van der Waals surface area contributed by atoms with Crippen LogP contribution in [0.25, 0.3) is 22.8 Å². The molecule has 7 rings (SSSR count). The van der Waals surface area contributed by atoms with E-state index in [4.69, 9.17) is 14.6 Å². The van der Waals surface area contributed by atoms with Gasteiger partial charge in [-0.2, -0.15) is 0 Å². The summed E-state index contributed by atoms with van der Waals surface area (Å²) in [5.74, 6) is -1.98. The van der Waals surface area contributed by atoms with Crippen LogP contribution in [-0.4, -0.2) is 43.0 Å². The van der Waals surface area contributed by atoms with Crippen molar-refractivity contribution in [1.29, 1.82) is 0 Å². The minimum Gasteiger partial charge on any atom is -0.478 e. The molecule has 1 N–H and O–H groups in total. The molecule has 12 heteroatoms. The number of unbranched alkanes of at least 4 members (excludes halogenated alkanes) is 12. The molecule has 424 valence electrons. The Bertz CT molecular complexity index is 2910. The van der Waals surface area contributed by atoms with Crippen LogP contribution < -0.4 is 9.47 Å². The Hall–Kier alpha value is -7.47. The molecular formula is C68H82F2N4O6. The monoisotopic (exact) mass is 1090 g/mol. The Kier molecular flexibility index (Phi) is 28.4. The van der Waals surface area contributed by atoms with Gasteiger partial charge in [-0.1, -0.05) is 148 Å². The lowest BCUT2D eigenvalue weighted by Crippen LogP contribution is -2.08. The normalized spacial score (nSPS) is 10.7. The van der Waals surface area contributed by atoms with Crippen molar-refractivity contribution in [3.8, 4) is 34.3 Å². The second kappa shape index (κ2) is 35.9. The number of hydrogen-bond acceptors (Lipinski definition) is 9. The van der Waals surface area contributed by atoms with Gasteiger partial charge in [-0.25, -0.2) is 43.1 Å². The molecule has 0 amide bonds. The number of carbonyl (C=O) groups is 3. The first-order chi connectivity index (χ1) is 38.9. The summed E-state index contributed by atoms with van der Waals surface area (Å²) >= 11 is 0. The number of carbonyl (C=O) groups excluding carboxylic acids is 2. The number of carboxylic acid groups (broad SMARTS) is 1. The molecule has 0 bridgehead atoms. The van der Waals surface area contributed by atoms with E-state index in [1.807, 2.05) is 36.4 Å². The van der Waals surface area contributed by atoms with Crippen molar-refractivity contribution in [3.63, 3.8) is 0 Å². The minimum atomic E-state index is -0.859. The zero-order valence-corrected chi connectivity index (χ0v) is 47.8. The third-order valence-corrected chi connectivity index (χ3v) is 13.6. The summed E-state index contributed by atoms with van der Waals surface area (Å²) in [5.41, 5.74) is 7.51. The second-order valence-corrected chi connectivity index (χ2v) is 20.3. The number of aromatic nitrogens is 4. The van der Waals surface area contributed by atoms with Gasteiger partial charge in [0.15, 0.2) is 11.6 Å². The highest BCUT2D eigenvalue weighted by Crippen LogP contribution is 2.27. The molecule has 0 atom stereocenters. The van der Waals surface area contributed by atoms with Crippen LogP contribution in [0.1, 0.15) is 203 Å². The van der Waals surface area contributed by atoms with Gasteiger partial charge in [0.2, 0.25) is 0 Å². The fraction of sp³-hybridized carbons (Fsp3) is 0.397. The van der Waals surface area contributed by atoms with E-state index in [1.54, 1.807) is 85.5 Å². The summed E-state index contributed by atoms with van der Waals surface area (Å²) < 4.78 is 40.2. The van der Waals surface area contributed by atoms with Gasteiger partial charge in [0.1, 0.15) is 23.1 Å². The summed E-state index contributed by atoms with van der Waals surface area (Å²) in [7, 11) is 0. The number of aromatic carboxylic acids is 1. The van der Waals surface area contributed by atoms with Gasteiger partial charge >= 0.3 is 17.9 Å². The molecule has 5 aromatic carbocycles. The number of ether oxygens (including phenoxy) is 2. The van der Waals surface area contributed by atoms with E-state index in [-0.39, 0.29) is 22.6 Å². The molecule has 2 heterocycles. The Balaban J connectivity index is 0.000000241. The van der Waals surface area contributed by atoms with Gasteiger partial charge in [0.05, 0.1) is 27.8 Å². The molecule has 0 saturated heterocycles. The summed E-state index contributed by atoms with van der Waals surface area (Å²) in [4.78, 5) is 52.7. The highest BCUT2D eigenvalue weighted by Gasteiger charge is 2.16. The van der Waals surface area contributed by atoms with Crippen LogP contribution in [0.15, 0.2) is 134 Å². The van der Waals surface area contributed by atoms with Gasteiger partial charge in [-0.05, 0) is 153 Å². The lowest BCUT2D eigenvalue weighted by atomic mass is 10.1. The van der Waals surface area contributed by atoms with Crippen LogP contribution >= 0.6 is 0 Å². The number of carboxylic acids is 1. The van der Waals surface area contributed by atoms with Crippen molar-refractivity contribution >= 4 is 17.9 Å². The van der Waals surface area contributed by atoms with Gasteiger partial charge in [-0.3, -0.25) is 0 Å². The standard InChI is InChI=1S/C29H35FN2O2.C28H33FN2O2.C11H14O2/c1-3-5-7-8-9-10-12-23-20-31-28(32-21-23)26-18-17-25(19-27(26)30)34-29(33)24-15-13-22(14-16-24)11-6-4-2;1-3-5-7-8-9-11-22-19-30-27(31-20-22)25-17-16-24(18-26(25)29)33-28(32)23-14-12-21(13-15-23)10-6-4-2;1-2-3-4-9-5-7-10(8-6-9)11(12)13/h13-21H,3-12H2,1-2H3;12-20H,3-11H2,1-2H3;5-8H,2-4H2,1H3,(H,12,13). The van der Waals surface area contributed by atoms with Crippen LogP contribution in [0, 0.1) is 11.6 Å². The van der Waals surface area contributed by atoms with Crippen molar-refractivity contribution in [2.75, 3.05) is 0 Å². The molecule has 80 heavy (non-hydrogen) atoms. The van der Waals surface area contributed by atoms with E-state index >= 15 is 0 Å². The van der Waals surface area contributed by atoms with Crippen molar-refractivity contribution in [3.05, 3.63) is 190 Å². The molecule has 0 saturated carbocycles. The maximum Gasteiger partial charge on any atom is 0.343 e. The van der Waals surface area contributed by atoms with Crippen LogP contribution in [0.2, 0.25) is 0 Å². The molecule has 0 spiro atoms. The summed E-state index contributed by atoms with van der Waals surface area (Å²) in [6.07, 6.45) is 32.2. The quantitative estimate of drug-likeness (QED) is 0.0274. The molecular weight excluding hydrogens is 1010 g/mol. The molecule has 2 aromatic heterocycles. The molecule has 0 fully saturated rings. The van der Waals surface area contributed by atoms with Crippen LogP contribution in [0.5, 0.6) is 11.5 Å². The Labute approximate surface area is 473 Å². The first-order valence-electron chi connectivity index (χ1n) is 29.1. The molecule has 10 nitrogen and oxygen atoms in total. The van der Waals surface area contributed by atoms with Crippen LogP contribution in [-0.2, 0) is 32.1 Å². The number of halogens is 2. The van der Waals surface area contributed by atoms with Gasteiger partial charge < -0.3 is 14.6 Å². The third kappa shape index (κ3) is 22.3. The lowest BCUT2D eigenvalue weighted by Gasteiger charge is -2.08. The largest absolute Gasteiger partial charge is 0.478 e. The van der Waals surface area contributed by atoms with Crippen molar-refractivity contribution < 1.29 is 37.7 Å². The number of benzene rings is 5. The predicted octanol–water partition coefficient (Wildman–Crippen LogP) is 17.8. The number of esters is 2. The lowest BCUT2D eigenvalue weighted by molar-refractivity contribution is 0.0692. The summed E-state index contributed by atoms with van der Waals surface area (Å²) in [5, 5.41) is 8.65. The van der Waals surface area contributed by atoms with Crippen molar-refractivity contribution in [1.82, 2.24) is 19.9 Å². The van der Waals surface area contributed by atoms with Crippen molar-refractivity contribution in [2.45, 2.75) is 176 Å². The molecule has 0 aliphatic carbocycles. The first-order valence-corrected chi connectivity index (χ1v) is 29.1. The van der Waals surface area contributed by atoms with Crippen LogP contribution in [0.4, 0.5) is 8.78 Å². The zero-order chi connectivity index (χ0) is 57.3. The second-order valence-electron chi connectivity index (χ2n) is 20.3. The average Bonchev–Trinajstić information content (AvgIpc) is 3.48. The van der Waals surface area contributed by atoms with E-state index in [2.05, 4.69) is 54.6 Å². The fourth-order valence-electron chi connectivity index (χ4n) is 8.67. The summed E-state index contributed by atoms with van der Waals surface area (Å²) in [6, 6.07) is 30.5. The number of rotatable bonds is 29. The van der Waals surface area contributed by atoms with E-state index in [9.17, 15) is 23.2 Å². The van der Waals surface area contributed by atoms with Crippen molar-refractivity contribution in [2.24, 2.45) is 0 Å². The molecule has 7 aromatic rings. The molecule has 0 radical (unpaired) electrons. The molecule has 0 aliphatic rings. The maximum atomic E-state index is 14.7.